The number of aromatic nitrogens is 1. The summed E-state index contributed by atoms with van der Waals surface area (Å²) in [5.74, 6) is 1.55. The molecule has 4 nitrogen and oxygen atoms in total. The van der Waals surface area contributed by atoms with E-state index in [0.717, 1.165) is 31.8 Å². The molecule has 0 aliphatic carbocycles. The van der Waals surface area contributed by atoms with Crippen LogP contribution in [0.4, 0.5) is 5.69 Å². The number of rotatable bonds is 3. The molecule has 0 amide bonds. The van der Waals surface area contributed by atoms with Crippen molar-refractivity contribution in [2.45, 2.75) is 6.54 Å². The molecule has 19 heavy (non-hydrogen) atoms. The summed E-state index contributed by atoms with van der Waals surface area (Å²) in [5, 5.41) is 3.31. The number of nitrogens with zero attached hydrogens (tertiary/aromatic N) is 1. The highest BCUT2D eigenvalue weighted by Crippen LogP contribution is 2.40. The molecule has 0 saturated carbocycles. The maximum atomic E-state index is 5.39. The Hall–Kier alpha value is -1.27. The van der Waals surface area contributed by atoms with Crippen LogP contribution in [0.3, 0.4) is 0 Å². The van der Waals surface area contributed by atoms with E-state index in [0.29, 0.717) is 6.54 Å². The van der Waals surface area contributed by atoms with Crippen LogP contribution in [0.15, 0.2) is 39.5 Å². The molecule has 0 unspecified atom stereocenters. The molecule has 0 saturated heterocycles. The monoisotopic (exact) mass is 384 g/mol. The van der Waals surface area contributed by atoms with Crippen molar-refractivity contribution in [3.63, 3.8) is 0 Å². The molecule has 2 aromatic rings. The average molecular weight is 386 g/mol. The third-order valence-corrected chi connectivity index (χ3v) is 3.77. The molecule has 1 N–H and O–H groups in total. The minimum absolute atomic E-state index is 0.279. The van der Waals surface area contributed by atoms with E-state index in [2.05, 4.69) is 42.2 Å². The highest BCUT2D eigenvalue weighted by Gasteiger charge is 2.17. The zero-order valence-corrected chi connectivity index (χ0v) is 13.0. The van der Waals surface area contributed by atoms with Gasteiger partial charge in [0.25, 0.3) is 0 Å². The molecule has 3 rings (SSSR count). The minimum Gasteiger partial charge on any atom is -0.454 e. The molecule has 1 aliphatic rings. The lowest BCUT2D eigenvalue weighted by atomic mass is 10.2. The highest BCUT2D eigenvalue weighted by molar-refractivity contribution is 9.10. The summed E-state index contributed by atoms with van der Waals surface area (Å²) in [6, 6.07) is 7.87. The average Bonchev–Trinajstić information content (AvgIpc) is 2.87. The van der Waals surface area contributed by atoms with Crippen molar-refractivity contribution in [3.8, 4) is 11.5 Å². The molecule has 0 radical (unpaired) electrons. The Kier molecular flexibility index (Phi) is 3.61. The van der Waals surface area contributed by atoms with Crippen LogP contribution in [0.25, 0.3) is 0 Å². The van der Waals surface area contributed by atoms with E-state index in [4.69, 9.17) is 9.47 Å². The van der Waals surface area contributed by atoms with Crippen molar-refractivity contribution in [3.05, 3.63) is 45.1 Å². The van der Waals surface area contributed by atoms with E-state index in [1.807, 2.05) is 24.3 Å². The molecule has 0 atom stereocenters. The molecule has 0 spiro atoms. The van der Waals surface area contributed by atoms with Crippen molar-refractivity contribution in [2.24, 2.45) is 0 Å². The summed E-state index contributed by atoms with van der Waals surface area (Å²) in [7, 11) is 0. The van der Waals surface area contributed by atoms with E-state index >= 15 is 0 Å². The number of hydrogen-bond acceptors (Lipinski definition) is 4. The number of benzene rings is 1. The van der Waals surface area contributed by atoms with Gasteiger partial charge in [-0.05, 0) is 61.7 Å². The van der Waals surface area contributed by atoms with E-state index < -0.39 is 0 Å². The van der Waals surface area contributed by atoms with Gasteiger partial charge < -0.3 is 14.8 Å². The Morgan fingerprint density at radius 3 is 2.89 bits per heavy atom. The number of nitrogens with one attached hydrogen (secondary N) is 1. The summed E-state index contributed by atoms with van der Waals surface area (Å²) >= 11 is 6.79. The smallest absolute Gasteiger partial charge is 0.231 e. The molecule has 0 bridgehead atoms. The van der Waals surface area contributed by atoms with Gasteiger partial charge in [0, 0.05) is 6.54 Å². The largest absolute Gasteiger partial charge is 0.454 e. The van der Waals surface area contributed by atoms with Gasteiger partial charge in [0.1, 0.15) is 4.60 Å². The van der Waals surface area contributed by atoms with Crippen molar-refractivity contribution < 1.29 is 9.47 Å². The SMILES string of the molecule is Brc1ccc(NCc2cc(Br)c3c(c2)OCO3)cn1. The molecular formula is C13H10Br2N2O2. The second kappa shape index (κ2) is 5.38. The lowest BCUT2D eigenvalue weighted by Crippen LogP contribution is -1.99. The van der Waals surface area contributed by atoms with E-state index in [-0.39, 0.29) is 6.79 Å². The molecule has 1 aliphatic heterocycles. The first-order valence-corrected chi connectivity index (χ1v) is 7.24. The number of fused-ring (bicyclic) bond motifs is 1. The predicted octanol–water partition coefficient (Wildman–Crippen LogP) is 3.95. The molecule has 1 aromatic heterocycles. The molecule has 1 aromatic carbocycles. The zero-order valence-electron chi connectivity index (χ0n) is 9.82. The van der Waals surface area contributed by atoms with Crippen molar-refractivity contribution in [1.29, 1.82) is 0 Å². The minimum atomic E-state index is 0.279. The normalized spacial score (nSPS) is 12.5. The first-order chi connectivity index (χ1) is 9.22. The van der Waals surface area contributed by atoms with Gasteiger partial charge in [-0.25, -0.2) is 4.98 Å². The maximum absolute atomic E-state index is 5.39. The molecule has 2 heterocycles. The van der Waals surface area contributed by atoms with E-state index in [1.165, 1.54) is 0 Å². The van der Waals surface area contributed by atoms with Gasteiger partial charge in [-0.15, -0.1) is 0 Å². The second-order valence-corrected chi connectivity index (χ2v) is 5.70. The zero-order chi connectivity index (χ0) is 13.2. The van der Waals surface area contributed by atoms with Crippen LogP contribution in [0.2, 0.25) is 0 Å². The van der Waals surface area contributed by atoms with Gasteiger partial charge in [-0.1, -0.05) is 0 Å². The first kappa shape index (κ1) is 12.7. The fourth-order valence-corrected chi connectivity index (χ4v) is 2.65. The van der Waals surface area contributed by atoms with Gasteiger partial charge in [-0.3, -0.25) is 0 Å². The van der Waals surface area contributed by atoms with Crippen molar-refractivity contribution >= 4 is 37.5 Å². The standard InChI is InChI=1S/C13H10Br2N2O2/c14-10-3-8(4-11-13(10)19-7-18-11)5-16-9-1-2-12(15)17-6-9/h1-4,6,16H,5,7H2. The fourth-order valence-electron chi connectivity index (χ4n) is 1.81. The number of anilines is 1. The quantitative estimate of drug-likeness (QED) is 0.812. The van der Waals surface area contributed by atoms with Gasteiger partial charge in [0.05, 0.1) is 16.4 Å². The van der Waals surface area contributed by atoms with Crippen LogP contribution >= 0.6 is 31.9 Å². The van der Waals surface area contributed by atoms with Gasteiger partial charge in [-0.2, -0.15) is 0 Å². The number of halogens is 2. The molecule has 6 heteroatoms. The Balaban J connectivity index is 1.73. The third kappa shape index (κ3) is 2.84. The summed E-state index contributed by atoms with van der Waals surface area (Å²) in [4.78, 5) is 4.17. The van der Waals surface area contributed by atoms with Crippen LogP contribution < -0.4 is 14.8 Å². The van der Waals surface area contributed by atoms with Crippen LogP contribution in [0, 0.1) is 0 Å². The second-order valence-electron chi connectivity index (χ2n) is 4.03. The number of pyridine rings is 1. The molecular weight excluding hydrogens is 376 g/mol. The predicted molar refractivity (Wildman–Crippen MR) is 79.5 cm³/mol. The number of ether oxygens (including phenoxy) is 2. The summed E-state index contributed by atoms with van der Waals surface area (Å²) in [5.41, 5.74) is 2.08. The van der Waals surface area contributed by atoms with Crippen LogP contribution in [0.1, 0.15) is 5.56 Å². The van der Waals surface area contributed by atoms with Crippen LogP contribution in [-0.4, -0.2) is 11.8 Å². The number of hydrogen-bond donors (Lipinski definition) is 1. The molecule has 0 fully saturated rings. The highest BCUT2D eigenvalue weighted by atomic mass is 79.9. The van der Waals surface area contributed by atoms with Crippen molar-refractivity contribution in [2.75, 3.05) is 12.1 Å². The van der Waals surface area contributed by atoms with Crippen LogP contribution in [0.5, 0.6) is 11.5 Å². The Morgan fingerprint density at radius 1 is 1.21 bits per heavy atom. The van der Waals surface area contributed by atoms with Gasteiger partial charge in [0.15, 0.2) is 11.5 Å². The summed E-state index contributed by atoms with van der Waals surface area (Å²) in [6.45, 7) is 0.972. The van der Waals surface area contributed by atoms with E-state index in [9.17, 15) is 0 Å². The third-order valence-electron chi connectivity index (χ3n) is 2.71. The lowest BCUT2D eigenvalue weighted by Gasteiger charge is -2.08. The Bertz CT molecular complexity index is 602. The summed E-state index contributed by atoms with van der Waals surface area (Å²) in [6.07, 6.45) is 1.78. The van der Waals surface area contributed by atoms with Gasteiger partial charge >= 0.3 is 0 Å². The Morgan fingerprint density at radius 2 is 2.11 bits per heavy atom. The van der Waals surface area contributed by atoms with Crippen LogP contribution in [-0.2, 0) is 6.54 Å². The summed E-state index contributed by atoms with van der Waals surface area (Å²) < 4.78 is 12.5. The first-order valence-electron chi connectivity index (χ1n) is 5.66. The van der Waals surface area contributed by atoms with E-state index in [1.54, 1.807) is 6.20 Å². The lowest BCUT2D eigenvalue weighted by molar-refractivity contribution is 0.173. The van der Waals surface area contributed by atoms with Gasteiger partial charge in [0.2, 0.25) is 6.79 Å². The maximum Gasteiger partial charge on any atom is 0.231 e. The van der Waals surface area contributed by atoms with Crippen molar-refractivity contribution in [1.82, 2.24) is 4.98 Å². The molecule has 98 valence electrons. The Labute approximate surface area is 127 Å². The fraction of sp³-hybridized carbons (Fsp3) is 0.154. The topological polar surface area (TPSA) is 43.4 Å².